The molecule has 0 spiro atoms. The van der Waals surface area contributed by atoms with Gasteiger partial charge >= 0.3 is 0 Å². The second kappa shape index (κ2) is 13.6. The molecule has 41 heavy (non-hydrogen) atoms. The van der Waals surface area contributed by atoms with Crippen molar-refractivity contribution in [3.8, 4) is 11.5 Å². The van der Waals surface area contributed by atoms with Crippen LogP contribution >= 0.6 is 0 Å². The first-order chi connectivity index (χ1) is 19.8. The van der Waals surface area contributed by atoms with Crippen molar-refractivity contribution in [2.75, 3.05) is 39.3 Å². The third-order valence-electron chi connectivity index (χ3n) is 6.63. The lowest BCUT2D eigenvalue weighted by Crippen LogP contribution is -2.30. The van der Waals surface area contributed by atoms with Gasteiger partial charge in [-0.15, -0.1) is 0 Å². The maximum atomic E-state index is 13.3. The van der Waals surface area contributed by atoms with Crippen LogP contribution in [0.25, 0.3) is 10.9 Å². The minimum Gasteiger partial charge on any atom is -0.493 e. The summed E-state index contributed by atoms with van der Waals surface area (Å²) in [5.74, 6) is -0.0281. The lowest BCUT2D eigenvalue weighted by Gasteiger charge is -2.19. The molecule has 0 aliphatic heterocycles. The molecule has 3 aromatic carbocycles. The second-order valence-electron chi connectivity index (χ2n) is 9.44. The first-order valence-corrected chi connectivity index (χ1v) is 13.2. The number of anilines is 1. The number of amides is 2. The second-order valence-corrected chi connectivity index (χ2v) is 9.44. The molecule has 0 aliphatic rings. The maximum absolute atomic E-state index is 13.3. The number of ether oxygens (including phenoxy) is 3. The highest BCUT2D eigenvalue weighted by molar-refractivity contribution is 6.07. The van der Waals surface area contributed by atoms with Gasteiger partial charge < -0.3 is 35.6 Å². The van der Waals surface area contributed by atoms with Crippen LogP contribution in [-0.2, 0) is 4.74 Å². The third-order valence-corrected chi connectivity index (χ3v) is 6.63. The molecule has 0 fully saturated rings. The van der Waals surface area contributed by atoms with E-state index < -0.39 is 11.5 Å². The van der Waals surface area contributed by atoms with E-state index in [1.165, 1.54) is 13.2 Å². The fourth-order valence-electron chi connectivity index (χ4n) is 4.39. The molecule has 0 aliphatic carbocycles. The molecule has 0 bridgehead atoms. The Balaban J connectivity index is 1.57. The number of hydrogen-bond donors (Lipinski definition) is 4. The Bertz CT molecular complexity index is 1590. The number of rotatable bonds is 12. The average molecular weight is 559 g/mol. The zero-order valence-electron chi connectivity index (χ0n) is 23.3. The molecule has 5 N–H and O–H groups in total. The summed E-state index contributed by atoms with van der Waals surface area (Å²) < 4.78 is 16.2. The molecule has 0 saturated carbocycles. The van der Waals surface area contributed by atoms with Gasteiger partial charge in [0.2, 0.25) is 0 Å². The number of methoxy groups -OCH3 is 2. The molecule has 1 aromatic heterocycles. The summed E-state index contributed by atoms with van der Waals surface area (Å²) in [7, 11) is 3.07. The highest BCUT2D eigenvalue weighted by Gasteiger charge is 2.19. The lowest BCUT2D eigenvalue weighted by molar-refractivity contribution is 0.0934. The number of hydrogen-bond acceptors (Lipinski definition) is 7. The summed E-state index contributed by atoms with van der Waals surface area (Å²) in [4.78, 5) is 42.0. The van der Waals surface area contributed by atoms with Gasteiger partial charge in [0.15, 0.2) is 11.5 Å². The monoisotopic (exact) mass is 558 g/mol. The minimum atomic E-state index is -0.614. The predicted molar refractivity (Wildman–Crippen MR) is 158 cm³/mol. The molecule has 4 rings (SSSR count). The molecule has 1 heterocycles. The number of fused-ring (bicyclic) bond motifs is 1. The Morgan fingerprint density at radius 1 is 0.951 bits per heavy atom. The van der Waals surface area contributed by atoms with Gasteiger partial charge in [-0.25, -0.2) is 0 Å². The van der Waals surface area contributed by atoms with Crippen molar-refractivity contribution in [2.45, 2.75) is 19.4 Å². The molecular weight excluding hydrogens is 524 g/mol. The van der Waals surface area contributed by atoms with Crippen molar-refractivity contribution in [1.82, 2.24) is 10.3 Å². The highest BCUT2D eigenvalue weighted by atomic mass is 16.5. The molecule has 10 nitrogen and oxygen atoms in total. The van der Waals surface area contributed by atoms with Crippen molar-refractivity contribution < 1.29 is 23.8 Å². The predicted octanol–water partition coefficient (Wildman–Crippen LogP) is 3.94. The van der Waals surface area contributed by atoms with Crippen molar-refractivity contribution in [3.63, 3.8) is 0 Å². The van der Waals surface area contributed by atoms with E-state index in [0.29, 0.717) is 59.8 Å². The van der Waals surface area contributed by atoms with Crippen LogP contribution in [0.15, 0.2) is 71.5 Å². The van der Waals surface area contributed by atoms with E-state index in [2.05, 4.69) is 15.6 Å². The van der Waals surface area contributed by atoms with Crippen molar-refractivity contribution in [3.05, 3.63) is 99.3 Å². The standard InChI is InChI=1S/C31H34N4O6/c1-19-9-10-21(29(36)33-24(11-12-32)20-7-5-4-6-8-20)16-25(19)34-30(37)23-15-22-17-28(41-14-13-39-2)27(40-3)18-26(22)35-31(23)38/h4-10,15-18,24H,11-14,32H2,1-3H3,(H,33,36)(H,34,37)(H,35,38)/t24-/m0/s1. The number of aromatic nitrogens is 1. The van der Waals surface area contributed by atoms with Crippen LogP contribution in [0.5, 0.6) is 11.5 Å². The molecule has 0 saturated heterocycles. The van der Waals surface area contributed by atoms with Crippen LogP contribution in [0.1, 0.15) is 44.3 Å². The number of aromatic amines is 1. The van der Waals surface area contributed by atoms with Gasteiger partial charge in [-0.1, -0.05) is 36.4 Å². The number of benzene rings is 3. The third kappa shape index (κ3) is 7.10. The smallest absolute Gasteiger partial charge is 0.261 e. The Kier molecular flexibility index (Phi) is 9.73. The fraction of sp³-hybridized carbons (Fsp3) is 0.258. The van der Waals surface area contributed by atoms with Crippen LogP contribution in [0, 0.1) is 6.92 Å². The molecule has 0 radical (unpaired) electrons. The van der Waals surface area contributed by atoms with E-state index in [1.807, 2.05) is 30.3 Å². The molecule has 4 aromatic rings. The summed E-state index contributed by atoms with van der Waals surface area (Å²) in [5, 5.41) is 6.40. The number of aryl methyl sites for hydroxylation is 1. The van der Waals surface area contributed by atoms with Crippen LogP contribution in [0.4, 0.5) is 5.69 Å². The van der Waals surface area contributed by atoms with Gasteiger partial charge in [-0.05, 0) is 55.3 Å². The van der Waals surface area contributed by atoms with E-state index in [1.54, 1.807) is 44.4 Å². The molecular formula is C31H34N4O6. The summed E-state index contributed by atoms with van der Waals surface area (Å²) in [5.41, 5.74) is 8.07. The number of pyridine rings is 1. The summed E-state index contributed by atoms with van der Waals surface area (Å²) >= 11 is 0. The van der Waals surface area contributed by atoms with Crippen molar-refractivity contribution in [1.29, 1.82) is 0 Å². The van der Waals surface area contributed by atoms with Crippen LogP contribution in [-0.4, -0.2) is 50.8 Å². The topological polar surface area (TPSA) is 145 Å². The Hall–Kier alpha value is -4.67. The largest absolute Gasteiger partial charge is 0.493 e. The maximum Gasteiger partial charge on any atom is 0.261 e. The van der Waals surface area contributed by atoms with Crippen molar-refractivity contribution in [2.24, 2.45) is 5.73 Å². The quantitative estimate of drug-likeness (QED) is 0.193. The Morgan fingerprint density at radius 3 is 2.44 bits per heavy atom. The fourth-order valence-corrected chi connectivity index (χ4v) is 4.39. The van der Waals surface area contributed by atoms with E-state index in [-0.39, 0.29) is 17.5 Å². The first kappa shape index (κ1) is 29.3. The molecule has 2 amide bonds. The van der Waals surface area contributed by atoms with Gasteiger partial charge in [-0.2, -0.15) is 0 Å². The number of nitrogens with two attached hydrogens (primary N) is 1. The van der Waals surface area contributed by atoms with Crippen LogP contribution < -0.4 is 31.4 Å². The number of nitrogens with one attached hydrogen (secondary N) is 3. The van der Waals surface area contributed by atoms with E-state index in [9.17, 15) is 14.4 Å². The minimum absolute atomic E-state index is 0.0909. The summed E-state index contributed by atoms with van der Waals surface area (Å²) in [6.07, 6.45) is 0.570. The summed E-state index contributed by atoms with van der Waals surface area (Å²) in [6.45, 7) is 2.90. The normalized spacial score (nSPS) is 11.6. The first-order valence-electron chi connectivity index (χ1n) is 13.2. The van der Waals surface area contributed by atoms with Crippen molar-refractivity contribution >= 4 is 28.4 Å². The van der Waals surface area contributed by atoms with Gasteiger partial charge in [0, 0.05) is 29.8 Å². The van der Waals surface area contributed by atoms with Crippen LogP contribution in [0.2, 0.25) is 0 Å². The lowest BCUT2D eigenvalue weighted by atomic mass is 10.0. The number of carbonyl (C=O) groups excluding carboxylic acids is 2. The Morgan fingerprint density at radius 2 is 1.73 bits per heavy atom. The average Bonchev–Trinajstić information content (AvgIpc) is 2.98. The zero-order valence-corrected chi connectivity index (χ0v) is 23.3. The Labute approximate surface area is 237 Å². The highest BCUT2D eigenvalue weighted by Crippen LogP contribution is 2.31. The summed E-state index contributed by atoms with van der Waals surface area (Å²) in [6, 6.07) is 19.2. The molecule has 214 valence electrons. The van der Waals surface area contributed by atoms with E-state index in [4.69, 9.17) is 19.9 Å². The van der Waals surface area contributed by atoms with Gasteiger partial charge in [0.1, 0.15) is 12.2 Å². The zero-order chi connectivity index (χ0) is 29.4. The number of H-pyrrole nitrogens is 1. The van der Waals surface area contributed by atoms with E-state index >= 15 is 0 Å². The van der Waals surface area contributed by atoms with Gasteiger partial charge in [0.05, 0.1) is 25.3 Å². The van der Waals surface area contributed by atoms with Crippen LogP contribution in [0.3, 0.4) is 0 Å². The molecule has 1 atom stereocenters. The molecule has 10 heteroatoms. The van der Waals surface area contributed by atoms with Gasteiger partial charge in [-0.3, -0.25) is 14.4 Å². The van der Waals surface area contributed by atoms with E-state index in [0.717, 1.165) is 11.1 Å². The number of carbonyl (C=O) groups is 2. The SMILES string of the molecule is COCCOc1cc2cc(C(=O)Nc3cc(C(=O)N[C@@H](CCN)c4ccccc4)ccc3C)c(=O)[nH]c2cc1OC. The molecule has 0 unspecified atom stereocenters. The van der Waals surface area contributed by atoms with Gasteiger partial charge in [0.25, 0.3) is 17.4 Å².